The van der Waals surface area contributed by atoms with Gasteiger partial charge in [-0.1, -0.05) is 24.3 Å². The minimum Gasteiger partial charge on any atom is -0.317 e. The SMILES string of the molecule is [C-]#[N+]CCc1cccc(C2CC2)c1. The van der Waals surface area contributed by atoms with Gasteiger partial charge in [0.15, 0.2) is 0 Å². The monoisotopic (exact) mass is 171 g/mol. The summed E-state index contributed by atoms with van der Waals surface area (Å²) in [5.41, 5.74) is 2.79. The van der Waals surface area contributed by atoms with Gasteiger partial charge in [0, 0.05) is 6.42 Å². The second-order valence-electron chi connectivity index (χ2n) is 3.65. The Hall–Kier alpha value is -1.29. The Balaban J connectivity index is 2.08. The van der Waals surface area contributed by atoms with Gasteiger partial charge in [-0.15, -0.1) is 0 Å². The molecule has 0 spiro atoms. The van der Waals surface area contributed by atoms with Gasteiger partial charge in [0.05, 0.1) is 0 Å². The van der Waals surface area contributed by atoms with Crippen molar-refractivity contribution in [2.24, 2.45) is 0 Å². The molecule has 1 aliphatic rings. The van der Waals surface area contributed by atoms with Crippen molar-refractivity contribution in [2.75, 3.05) is 6.54 Å². The Kier molecular flexibility index (Phi) is 2.31. The van der Waals surface area contributed by atoms with Crippen LogP contribution < -0.4 is 0 Å². The van der Waals surface area contributed by atoms with Crippen LogP contribution in [0.25, 0.3) is 4.85 Å². The van der Waals surface area contributed by atoms with Crippen LogP contribution in [0.2, 0.25) is 0 Å². The van der Waals surface area contributed by atoms with Gasteiger partial charge < -0.3 is 4.85 Å². The first kappa shape index (κ1) is 8.31. The normalized spacial score (nSPS) is 15.3. The molecule has 2 rings (SSSR count). The number of benzene rings is 1. The van der Waals surface area contributed by atoms with Crippen LogP contribution in [0.3, 0.4) is 0 Å². The average Bonchev–Trinajstić information content (AvgIpc) is 2.98. The van der Waals surface area contributed by atoms with Crippen molar-refractivity contribution in [3.8, 4) is 0 Å². The van der Waals surface area contributed by atoms with Gasteiger partial charge in [-0.25, -0.2) is 6.57 Å². The standard InChI is InChI=1S/C12H13N/c1-13-8-7-10-3-2-4-12(9-10)11-5-6-11/h2-4,9,11H,5-8H2. The number of nitrogens with zero attached hydrogens (tertiary/aromatic N) is 1. The molecule has 1 aromatic rings. The molecule has 1 fully saturated rings. The van der Waals surface area contributed by atoms with Gasteiger partial charge in [0.2, 0.25) is 6.54 Å². The fourth-order valence-electron chi connectivity index (χ4n) is 1.60. The van der Waals surface area contributed by atoms with E-state index in [1.807, 2.05) is 0 Å². The predicted octanol–water partition coefficient (Wildman–Crippen LogP) is 3.03. The number of hydrogen-bond donors (Lipinski definition) is 0. The number of hydrogen-bond acceptors (Lipinski definition) is 0. The second-order valence-corrected chi connectivity index (χ2v) is 3.65. The molecule has 66 valence electrons. The fourth-order valence-corrected chi connectivity index (χ4v) is 1.60. The van der Waals surface area contributed by atoms with Crippen molar-refractivity contribution >= 4 is 0 Å². The smallest absolute Gasteiger partial charge is 0.218 e. The quantitative estimate of drug-likeness (QED) is 0.616. The first-order chi connectivity index (χ1) is 6.40. The molecule has 0 unspecified atom stereocenters. The maximum Gasteiger partial charge on any atom is 0.218 e. The summed E-state index contributed by atoms with van der Waals surface area (Å²) >= 11 is 0. The molecule has 0 aliphatic heterocycles. The summed E-state index contributed by atoms with van der Waals surface area (Å²) in [7, 11) is 0. The molecule has 0 heterocycles. The van der Waals surface area contributed by atoms with Crippen molar-refractivity contribution in [2.45, 2.75) is 25.2 Å². The van der Waals surface area contributed by atoms with Gasteiger partial charge in [-0.3, -0.25) is 0 Å². The van der Waals surface area contributed by atoms with Gasteiger partial charge in [0.1, 0.15) is 0 Å². The third-order valence-corrected chi connectivity index (χ3v) is 2.51. The van der Waals surface area contributed by atoms with Crippen LogP contribution >= 0.6 is 0 Å². The van der Waals surface area contributed by atoms with E-state index < -0.39 is 0 Å². The molecule has 13 heavy (non-hydrogen) atoms. The van der Waals surface area contributed by atoms with E-state index in [4.69, 9.17) is 6.57 Å². The zero-order chi connectivity index (χ0) is 9.10. The fraction of sp³-hybridized carbons (Fsp3) is 0.417. The van der Waals surface area contributed by atoms with E-state index in [9.17, 15) is 0 Å². The lowest BCUT2D eigenvalue weighted by Gasteiger charge is -2.00. The van der Waals surface area contributed by atoms with Crippen LogP contribution in [0.1, 0.15) is 29.9 Å². The van der Waals surface area contributed by atoms with Crippen LogP contribution in [0.5, 0.6) is 0 Å². The highest BCUT2D eigenvalue weighted by atomic mass is 14.6. The Morgan fingerprint density at radius 1 is 1.38 bits per heavy atom. The van der Waals surface area contributed by atoms with Gasteiger partial charge >= 0.3 is 0 Å². The van der Waals surface area contributed by atoms with Gasteiger partial charge in [0.25, 0.3) is 0 Å². The van der Waals surface area contributed by atoms with E-state index in [0.717, 1.165) is 12.3 Å². The van der Waals surface area contributed by atoms with E-state index in [0.29, 0.717) is 6.54 Å². The molecule has 1 nitrogen and oxygen atoms in total. The first-order valence-electron chi connectivity index (χ1n) is 4.82. The Morgan fingerprint density at radius 2 is 2.23 bits per heavy atom. The zero-order valence-corrected chi connectivity index (χ0v) is 7.66. The van der Waals surface area contributed by atoms with E-state index in [1.165, 1.54) is 24.0 Å². The highest BCUT2D eigenvalue weighted by Crippen LogP contribution is 2.40. The highest BCUT2D eigenvalue weighted by molar-refractivity contribution is 5.29. The summed E-state index contributed by atoms with van der Waals surface area (Å²) in [6.45, 7) is 7.35. The van der Waals surface area contributed by atoms with E-state index >= 15 is 0 Å². The first-order valence-corrected chi connectivity index (χ1v) is 4.82. The third-order valence-electron chi connectivity index (χ3n) is 2.51. The van der Waals surface area contributed by atoms with Crippen molar-refractivity contribution in [1.29, 1.82) is 0 Å². The van der Waals surface area contributed by atoms with E-state index in [1.54, 1.807) is 0 Å². The highest BCUT2D eigenvalue weighted by Gasteiger charge is 2.23. The summed E-state index contributed by atoms with van der Waals surface area (Å²) in [5, 5.41) is 0. The number of rotatable bonds is 3. The maximum absolute atomic E-state index is 6.73. The van der Waals surface area contributed by atoms with Crippen LogP contribution in [0, 0.1) is 6.57 Å². The molecule has 1 aromatic carbocycles. The minimum atomic E-state index is 0.619. The molecular formula is C12H13N. The molecule has 0 radical (unpaired) electrons. The van der Waals surface area contributed by atoms with Crippen LogP contribution in [-0.2, 0) is 6.42 Å². The van der Waals surface area contributed by atoms with Crippen LogP contribution in [0.15, 0.2) is 24.3 Å². The zero-order valence-electron chi connectivity index (χ0n) is 7.66. The molecule has 1 saturated carbocycles. The molecule has 0 saturated heterocycles. The Labute approximate surface area is 79.2 Å². The Morgan fingerprint density at radius 3 is 2.92 bits per heavy atom. The van der Waals surface area contributed by atoms with Crippen LogP contribution in [0.4, 0.5) is 0 Å². The van der Waals surface area contributed by atoms with Crippen LogP contribution in [-0.4, -0.2) is 6.54 Å². The molecule has 0 N–H and O–H groups in total. The molecule has 1 heteroatoms. The molecule has 0 atom stereocenters. The molecule has 0 bridgehead atoms. The molecule has 0 aromatic heterocycles. The van der Waals surface area contributed by atoms with E-state index in [-0.39, 0.29) is 0 Å². The van der Waals surface area contributed by atoms with Crippen molar-refractivity contribution in [3.63, 3.8) is 0 Å². The largest absolute Gasteiger partial charge is 0.317 e. The Bertz CT molecular complexity index is 331. The summed E-state index contributed by atoms with van der Waals surface area (Å²) < 4.78 is 0. The molecule has 0 amide bonds. The average molecular weight is 171 g/mol. The maximum atomic E-state index is 6.73. The summed E-state index contributed by atoms with van der Waals surface area (Å²) in [4.78, 5) is 3.37. The predicted molar refractivity (Wildman–Crippen MR) is 53.6 cm³/mol. The summed E-state index contributed by atoms with van der Waals surface area (Å²) in [6, 6.07) is 8.71. The lowest BCUT2D eigenvalue weighted by atomic mass is 10.1. The van der Waals surface area contributed by atoms with Crippen molar-refractivity contribution < 1.29 is 0 Å². The molecule has 1 aliphatic carbocycles. The van der Waals surface area contributed by atoms with E-state index in [2.05, 4.69) is 29.1 Å². The lowest BCUT2D eigenvalue weighted by molar-refractivity contribution is 1.05. The topological polar surface area (TPSA) is 4.36 Å². The third kappa shape index (κ3) is 2.09. The minimum absolute atomic E-state index is 0.619. The summed E-state index contributed by atoms with van der Waals surface area (Å²) in [5.74, 6) is 0.827. The van der Waals surface area contributed by atoms with Gasteiger partial charge in [-0.05, 0) is 29.9 Å². The van der Waals surface area contributed by atoms with Crippen molar-refractivity contribution in [3.05, 3.63) is 46.8 Å². The lowest BCUT2D eigenvalue weighted by Crippen LogP contribution is -1.89. The van der Waals surface area contributed by atoms with Gasteiger partial charge in [-0.2, -0.15) is 0 Å². The van der Waals surface area contributed by atoms with Crippen molar-refractivity contribution in [1.82, 2.24) is 0 Å². The second kappa shape index (κ2) is 3.62. The molecular weight excluding hydrogens is 158 g/mol. The summed E-state index contributed by atoms with van der Waals surface area (Å²) in [6.07, 6.45) is 3.61.